The van der Waals surface area contributed by atoms with Crippen molar-refractivity contribution in [3.63, 3.8) is 0 Å². The summed E-state index contributed by atoms with van der Waals surface area (Å²) in [5.41, 5.74) is 0.869. The first kappa shape index (κ1) is 11.7. The van der Waals surface area contributed by atoms with Gasteiger partial charge >= 0.3 is 0 Å². The van der Waals surface area contributed by atoms with Gasteiger partial charge < -0.3 is 10.2 Å². The fourth-order valence-electron chi connectivity index (χ4n) is 2.08. The lowest BCUT2D eigenvalue weighted by Crippen LogP contribution is -2.30. The number of amides is 1. The number of aromatic nitrogens is 1. The molecule has 0 aliphatic carbocycles. The molecule has 1 saturated heterocycles. The van der Waals surface area contributed by atoms with Gasteiger partial charge in [0.15, 0.2) is 5.13 Å². The third kappa shape index (κ3) is 1.93. The molecule has 0 radical (unpaired) electrons. The molecule has 2 aromatic rings. The summed E-state index contributed by atoms with van der Waals surface area (Å²) in [4.78, 5) is 18.0. The van der Waals surface area contributed by atoms with Crippen LogP contribution < -0.4 is 5.32 Å². The van der Waals surface area contributed by atoms with Crippen molar-refractivity contribution < 1.29 is 4.79 Å². The maximum atomic E-state index is 11.8. The first-order valence-corrected chi connectivity index (χ1v) is 6.91. The van der Waals surface area contributed by atoms with Crippen molar-refractivity contribution in [2.24, 2.45) is 0 Å². The average Bonchev–Trinajstić information content (AvgIpc) is 2.89. The van der Waals surface area contributed by atoms with E-state index in [0.717, 1.165) is 28.3 Å². The van der Waals surface area contributed by atoms with Gasteiger partial charge in [0.05, 0.1) is 15.2 Å². The van der Waals surface area contributed by atoms with Crippen LogP contribution in [-0.4, -0.2) is 35.4 Å². The molecule has 1 aliphatic heterocycles. The van der Waals surface area contributed by atoms with Crippen molar-refractivity contribution in [3.05, 3.63) is 23.2 Å². The minimum Gasteiger partial charge on any atom is -0.350 e. The predicted molar refractivity (Wildman–Crippen MR) is 74.3 cm³/mol. The Labute approximate surface area is 114 Å². The second-order valence-electron chi connectivity index (χ2n) is 4.35. The van der Waals surface area contributed by atoms with E-state index in [9.17, 15) is 4.79 Å². The SMILES string of the molecule is CN1CCC(Nc2nc3cccc(Cl)c3s2)C1=O. The molecule has 1 aliphatic rings. The van der Waals surface area contributed by atoms with Crippen molar-refractivity contribution in [1.29, 1.82) is 0 Å². The number of carbonyl (C=O) groups excluding carboxylic acids is 1. The number of fused-ring (bicyclic) bond motifs is 1. The zero-order valence-corrected chi connectivity index (χ0v) is 11.4. The molecule has 1 aromatic carbocycles. The molecule has 0 saturated carbocycles. The highest BCUT2D eigenvalue weighted by Crippen LogP contribution is 2.32. The molecule has 1 N–H and O–H groups in total. The summed E-state index contributed by atoms with van der Waals surface area (Å²) in [6.45, 7) is 0.794. The third-order valence-electron chi connectivity index (χ3n) is 3.09. The van der Waals surface area contributed by atoms with Crippen molar-refractivity contribution in [3.8, 4) is 0 Å². The van der Waals surface area contributed by atoms with Crippen LogP contribution in [0.3, 0.4) is 0 Å². The Bertz CT molecular complexity index is 612. The van der Waals surface area contributed by atoms with Crippen molar-refractivity contribution in [2.75, 3.05) is 18.9 Å². The molecule has 1 aromatic heterocycles. The van der Waals surface area contributed by atoms with Gasteiger partial charge in [0.25, 0.3) is 0 Å². The summed E-state index contributed by atoms with van der Waals surface area (Å²) in [5, 5.41) is 4.65. The summed E-state index contributed by atoms with van der Waals surface area (Å²) in [5.74, 6) is 0.125. The summed E-state index contributed by atoms with van der Waals surface area (Å²) >= 11 is 7.60. The summed E-state index contributed by atoms with van der Waals surface area (Å²) in [7, 11) is 1.82. The van der Waals surface area contributed by atoms with Crippen LogP contribution in [0.15, 0.2) is 18.2 Å². The van der Waals surface area contributed by atoms with E-state index in [1.807, 2.05) is 25.2 Å². The number of rotatable bonds is 2. The van der Waals surface area contributed by atoms with Crippen molar-refractivity contribution in [1.82, 2.24) is 9.88 Å². The molecule has 1 amide bonds. The first-order valence-electron chi connectivity index (χ1n) is 5.72. The third-order valence-corrected chi connectivity index (χ3v) is 4.55. The van der Waals surface area contributed by atoms with Gasteiger partial charge in [-0.3, -0.25) is 4.79 Å². The lowest BCUT2D eigenvalue weighted by molar-refractivity contribution is -0.127. The number of likely N-dealkylation sites (tertiary alicyclic amines) is 1. The van der Waals surface area contributed by atoms with E-state index in [1.54, 1.807) is 4.90 Å². The Morgan fingerprint density at radius 3 is 3.06 bits per heavy atom. The standard InChI is InChI=1S/C12H12ClN3OS/c1-16-6-5-9(11(16)17)15-12-14-8-4-2-3-7(13)10(8)18-12/h2-4,9H,5-6H2,1H3,(H,14,15). The van der Waals surface area contributed by atoms with E-state index < -0.39 is 0 Å². The average molecular weight is 282 g/mol. The van der Waals surface area contributed by atoms with E-state index in [4.69, 9.17) is 11.6 Å². The van der Waals surface area contributed by atoms with E-state index in [0.29, 0.717) is 5.02 Å². The van der Waals surface area contributed by atoms with E-state index >= 15 is 0 Å². The topological polar surface area (TPSA) is 45.2 Å². The highest BCUT2D eigenvalue weighted by molar-refractivity contribution is 7.22. The number of nitrogens with one attached hydrogen (secondary N) is 1. The number of hydrogen-bond acceptors (Lipinski definition) is 4. The number of anilines is 1. The molecular formula is C12H12ClN3OS. The van der Waals surface area contributed by atoms with E-state index in [2.05, 4.69) is 10.3 Å². The predicted octanol–water partition coefficient (Wildman–Crippen LogP) is 2.59. The summed E-state index contributed by atoms with van der Waals surface area (Å²) < 4.78 is 0.959. The van der Waals surface area contributed by atoms with Gasteiger partial charge in [0.1, 0.15) is 6.04 Å². The Kier molecular flexibility index (Phi) is 2.87. The van der Waals surface area contributed by atoms with Gasteiger partial charge in [-0.1, -0.05) is 29.0 Å². The van der Waals surface area contributed by atoms with Crippen molar-refractivity contribution >= 4 is 44.2 Å². The molecule has 1 unspecified atom stereocenters. The first-order chi connectivity index (χ1) is 8.65. The highest BCUT2D eigenvalue weighted by atomic mass is 35.5. The Hall–Kier alpha value is -1.33. The molecular weight excluding hydrogens is 270 g/mol. The Morgan fingerprint density at radius 2 is 2.39 bits per heavy atom. The van der Waals surface area contributed by atoms with Gasteiger partial charge in [-0.25, -0.2) is 4.98 Å². The molecule has 6 heteroatoms. The van der Waals surface area contributed by atoms with Crippen LogP contribution in [0.1, 0.15) is 6.42 Å². The maximum Gasteiger partial charge on any atom is 0.244 e. The zero-order valence-electron chi connectivity index (χ0n) is 9.81. The zero-order chi connectivity index (χ0) is 12.7. The van der Waals surface area contributed by atoms with Crippen LogP contribution in [0.2, 0.25) is 5.02 Å². The minimum absolute atomic E-state index is 0.125. The van der Waals surface area contributed by atoms with Gasteiger partial charge in [-0.2, -0.15) is 0 Å². The quantitative estimate of drug-likeness (QED) is 0.920. The minimum atomic E-state index is -0.158. The second-order valence-corrected chi connectivity index (χ2v) is 5.76. The number of halogens is 1. The number of carbonyl (C=O) groups is 1. The highest BCUT2D eigenvalue weighted by Gasteiger charge is 2.29. The van der Waals surface area contributed by atoms with Crippen LogP contribution in [0.5, 0.6) is 0 Å². The molecule has 3 rings (SSSR count). The number of thiazole rings is 1. The number of nitrogens with zero attached hydrogens (tertiary/aromatic N) is 2. The second kappa shape index (κ2) is 4.40. The van der Waals surface area contributed by atoms with Crippen LogP contribution in [0, 0.1) is 0 Å². The van der Waals surface area contributed by atoms with E-state index in [-0.39, 0.29) is 11.9 Å². The lowest BCUT2D eigenvalue weighted by atomic mass is 10.2. The van der Waals surface area contributed by atoms with Crippen molar-refractivity contribution in [2.45, 2.75) is 12.5 Å². The molecule has 2 heterocycles. The van der Waals surface area contributed by atoms with Crippen LogP contribution >= 0.6 is 22.9 Å². The Morgan fingerprint density at radius 1 is 1.56 bits per heavy atom. The number of likely N-dealkylation sites (N-methyl/N-ethyl adjacent to an activating group) is 1. The maximum absolute atomic E-state index is 11.8. The van der Waals surface area contributed by atoms with Gasteiger partial charge in [0, 0.05) is 13.6 Å². The van der Waals surface area contributed by atoms with Gasteiger partial charge in [0.2, 0.25) is 5.91 Å². The molecule has 0 bridgehead atoms. The fourth-order valence-corrected chi connectivity index (χ4v) is 3.29. The molecule has 94 valence electrons. The smallest absolute Gasteiger partial charge is 0.244 e. The van der Waals surface area contributed by atoms with E-state index in [1.165, 1.54) is 11.3 Å². The summed E-state index contributed by atoms with van der Waals surface area (Å²) in [6, 6.07) is 5.49. The molecule has 1 fully saturated rings. The van der Waals surface area contributed by atoms with Crippen LogP contribution in [0.4, 0.5) is 5.13 Å². The molecule has 18 heavy (non-hydrogen) atoms. The van der Waals surface area contributed by atoms with Gasteiger partial charge in [-0.15, -0.1) is 0 Å². The normalized spacial score (nSPS) is 19.8. The lowest BCUT2D eigenvalue weighted by Gasteiger charge is -2.10. The largest absolute Gasteiger partial charge is 0.350 e. The van der Waals surface area contributed by atoms with Gasteiger partial charge in [-0.05, 0) is 18.6 Å². The fraction of sp³-hybridized carbons (Fsp3) is 0.333. The number of benzene rings is 1. The number of hydrogen-bond donors (Lipinski definition) is 1. The Balaban J connectivity index is 1.87. The van der Waals surface area contributed by atoms with Crippen LogP contribution in [-0.2, 0) is 4.79 Å². The molecule has 4 nitrogen and oxygen atoms in total. The van der Waals surface area contributed by atoms with Crippen LogP contribution in [0.25, 0.3) is 10.2 Å². The summed E-state index contributed by atoms with van der Waals surface area (Å²) in [6.07, 6.45) is 0.818. The molecule has 1 atom stereocenters. The monoisotopic (exact) mass is 281 g/mol. The molecule has 0 spiro atoms.